The van der Waals surface area contributed by atoms with Gasteiger partial charge in [-0.2, -0.15) is 0 Å². The molecule has 0 saturated carbocycles. The fourth-order valence-corrected chi connectivity index (χ4v) is 2.24. The van der Waals surface area contributed by atoms with Crippen molar-refractivity contribution in [2.75, 3.05) is 33.0 Å². The third-order valence-corrected chi connectivity index (χ3v) is 3.54. The summed E-state index contributed by atoms with van der Waals surface area (Å²) in [6, 6.07) is 6.90. The molecule has 0 unspecified atom stereocenters. The Hall–Kier alpha value is -1.73. The molecule has 0 fully saturated rings. The van der Waals surface area contributed by atoms with Crippen LogP contribution in [0.4, 0.5) is 0 Å². The second-order valence-electron chi connectivity index (χ2n) is 5.08. The zero-order valence-electron chi connectivity index (χ0n) is 15.3. The third-order valence-electron chi connectivity index (χ3n) is 3.19. The highest BCUT2D eigenvalue weighted by Crippen LogP contribution is 2.19. The van der Waals surface area contributed by atoms with Gasteiger partial charge in [-0.15, -0.1) is 0 Å². The Morgan fingerprint density at radius 3 is 2.31 bits per heavy atom. The van der Waals surface area contributed by atoms with Gasteiger partial charge in [-0.3, -0.25) is 4.79 Å². The molecule has 26 heavy (non-hydrogen) atoms. The fraction of sp³-hybridized carbons (Fsp3) is 0.474. The second kappa shape index (κ2) is 12.6. The van der Waals surface area contributed by atoms with Crippen LogP contribution in [0.25, 0.3) is 6.08 Å². The SMILES string of the molecule is CCOC(=O)/C(=C\c1ccccc1Cl)C(=O)COCC(OCC)OCC. The minimum atomic E-state index is -0.716. The van der Waals surface area contributed by atoms with Crippen molar-refractivity contribution in [1.29, 1.82) is 0 Å². The molecular formula is C19H25ClO6. The van der Waals surface area contributed by atoms with E-state index < -0.39 is 18.0 Å². The van der Waals surface area contributed by atoms with Gasteiger partial charge >= 0.3 is 5.97 Å². The van der Waals surface area contributed by atoms with Crippen LogP contribution in [0, 0.1) is 0 Å². The molecule has 1 aromatic carbocycles. The van der Waals surface area contributed by atoms with Crippen molar-refractivity contribution in [3.63, 3.8) is 0 Å². The fourth-order valence-electron chi connectivity index (χ4n) is 2.05. The first kappa shape index (κ1) is 22.3. The lowest BCUT2D eigenvalue weighted by Crippen LogP contribution is -2.26. The molecule has 7 heteroatoms. The summed E-state index contributed by atoms with van der Waals surface area (Å²) < 4.78 is 21.0. The molecule has 0 aliphatic rings. The van der Waals surface area contributed by atoms with Crippen LogP contribution < -0.4 is 0 Å². The summed E-state index contributed by atoms with van der Waals surface area (Å²) in [6.45, 7) is 6.20. The Morgan fingerprint density at radius 1 is 1.08 bits per heavy atom. The minimum Gasteiger partial charge on any atom is -0.462 e. The van der Waals surface area contributed by atoms with Crippen molar-refractivity contribution in [3.8, 4) is 0 Å². The molecule has 0 N–H and O–H groups in total. The second-order valence-corrected chi connectivity index (χ2v) is 5.49. The van der Waals surface area contributed by atoms with Gasteiger partial charge in [0.25, 0.3) is 0 Å². The number of ketones is 1. The highest BCUT2D eigenvalue weighted by Gasteiger charge is 2.21. The van der Waals surface area contributed by atoms with Crippen LogP contribution in [0.5, 0.6) is 0 Å². The number of halogens is 1. The maximum absolute atomic E-state index is 12.5. The molecule has 0 amide bonds. The van der Waals surface area contributed by atoms with Gasteiger partial charge in [0.05, 0.1) is 13.2 Å². The van der Waals surface area contributed by atoms with Gasteiger partial charge in [-0.05, 0) is 38.5 Å². The van der Waals surface area contributed by atoms with E-state index in [1.54, 1.807) is 31.2 Å². The van der Waals surface area contributed by atoms with Crippen molar-refractivity contribution in [1.82, 2.24) is 0 Å². The van der Waals surface area contributed by atoms with Crippen molar-refractivity contribution in [2.24, 2.45) is 0 Å². The molecule has 6 nitrogen and oxygen atoms in total. The predicted octanol–water partition coefficient (Wildman–Crippen LogP) is 3.27. The molecule has 0 atom stereocenters. The quantitative estimate of drug-likeness (QED) is 0.181. The lowest BCUT2D eigenvalue weighted by Gasteiger charge is -2.16. The number of ether oxygens (including phenoxy) is 4. The molecule has 0 saturated heterocycles. The van der Waals surface area contributed by atoms with Gasteiger partial charge in [0, 0.05) is 18.2 Å². The highest BCUT2D eigenvalue weighted by molar-refractivity contribution is 6.32. The molecule has 0 aliphatic heterocycles. The largest absolute Gasteiger partial charge is 0.462 e. The minimum absolute atomic E-state index is 0.0790. The number of esters is 1. The van der Waals surface area contributed by atoms with E-state index in [0.717, 1.165) is 0 Å². The molecule has 144 valence electrons. The average Bonchev–Trinajstić information content (AvgIpc) is 2.61. The smallest absolute Gasteiger partial charge is 0.341 e. The normalized spacial score (nSPS) is 11.7. The Kier molecular flexibility index (Phi) is 10.8. The first-order valence-corrected chi connectivity index (χ1v) is 8.88. The molecule has 0 spiro atoms. The molecule has 1 rings (SSSR count). The molecule has 0 aromatic heterocycles. The van der Waals surface area contributed by atoms with Gasteiger partial charge in [-0.25, -0.2) is 4.79 Å². The number of Topliss-reactive ketones (excluding diaryl/α,β-unsaturated/α-hetero) is 1. The number of carbonyl (C=O) groups excluding carboxylic acids is 2. The van der Waals surface area contributed by atoms with Crippen molar-refractivity contribution >= 4 is 29.4 Å². The van der Waals surface area contributed by atoms with E-state index >= 15 is 0 Å². The van der Waals surface area contributed by atoms with Crippen LogP contribution in [0.15, 0.2) is 29.8 Å². The third kappa shape index (κ3) is 7.66. The summed E-state index contributed by atoms with van der Waals surface area (Å²) in [5.74, 6) is -1.22. The Balaban J connectivity index is 2.82. The zero-order chi connectivity index (χ0) is 19.4. The first-order valence-electron chi connectivity index (χ1n) is 8.50. The highest BCUT2D eigenvalue weighted by atomic mass is 35.5. The van der Waals surface area contributed by atoms with Crippen LogP contribution in [-0.4, -0.2) is 51.1 Å². The van der Waals surface area contributed by atoms with E-state index in [9.17, 15) is 9.59 Å². The van der Waals surface area contributed by atoms with Crippen LogP contribution in [-0.2, 0) is 28.5 Å². The molecule has 0 heterocycles. The van der Waals surface area contributed by atoms with Gasteiger partial charge < -0.3 is 18.9 Å². The molecule has 0 aliphatic carbocycles. The number of rotatable bonds is 12. The summed E-state index contributed by atoms with van der Waals surface area (Å²) in [5.41, 5.74) is 0.427. The van der Waals surface area contributed by atoms with Crippen LogP contribution in [0.2, 0.25) is 5.02 Å². The Labute approximate surface area is 159 Å². The number of benzene rings is 1. The lowest BCUT2D eigenvalue weighted by atomic mass is 10.1. The summed E-state index contributed by atoms with van der Waals surface area (Å²) in [6.07, 6.45) is 0.852. The van der Waals surface area contributed by atoms with E-state index in [2.05, 4.69) is 0 Å². The van der Waals surface area contributed by atoms with Crippen LogP contribution >= 0.6 is 11.6 Å². The molecule has 1 aromatic rings. The zero-order valence-corrected chi connectivity index (χ0v) is 16.1. The molecular weight excluding hydrogens is 360 g/mol. The monoisotopic (exact) mass is 384 g/mol. The predicted molar refractivity (Wildman–Crippen MR) is 98.9 cm³/mol. The first-order chi connectivity index (χ1) is 12.5. The number of hydrogen-bond acceptors (Lipinski definition) is 6. The van der Waals surface area contributed by atoms with Gasteiger partial charge in [0.1, 0.15) is 12.2 Å². The van der Waals surface area contributed by atoms with Crippen molar-refractivity contribution < 1.29 is 28.5 Å². The number of hydrogen-bond donors (Lipinski definition) is 0. The summed E-state index contributed by atoms with van der Waals surface area (Å²) in [4.78, 5) is 24.6. The van der Waals surface area contributed by atoms with Gasteiger partial charge in [0.15, 0.2) is 12.1 Å². The van der Waals surface area contributed by atoms with E-state index in [-0.39, 0.29) is 25.4 Å². The van der Waals surface area contributed by atoms with Crippen molar-refractivity contribution in [2.45, 2.75) is 27.1 Å². The van der Waals surface area contributed by atoms with E-state index in [1.807, 2.05) is 13.8 Å². The molecule has 0 bridgehead atoms. The van der Waals surface area contributed by atoms with Crippen LogP contribution in [0.1, 0.15) is 26.3 Å². The molecule has 0 radical (unpaired) electrons. The van der Waals surface area contributed by atoms with Crippen LogP contribution in [0.3, 0.4) is 0 Å². The maximum atomic E-state index is 12.5. The summed E-state index contributed by atoms with van der Waals surface area (Å²) in [5, 5.41) is 0.427. The Morgan fingerprint density at radius 2 is 1.73 bits per heavy atom. The average molecular weight is 385 g/mol. The van der Waals surface area contributed by atoms with Gasteiger partial charge in [0.2, 0.25) is 0 Å². The van der Waals surface area contributed by atoms with E-state index in [4.69, 9.17) is 30.5 Å². The standard InChI is InChI=1S/C19H25ClO6/c1-4-24-18(25-5-2)13-23-12-17(21)15(19(22)26-6-3)11-14-9-7-8-10-16(14)20/h7-11,18H,4-6,12-13H2,1-3H3/b15-11-. The maximum Gasteiger partial charge on any atom is 0.341 e. The number of carbonyl (C=O) groups is 2. The van der Waals surface area contributed by atoms with Gasteiger partial charge in [-0.1, -0.05) is 29.8 Å². The van der Waals surface area contributed by atoms with Crippen molar-refractivity contribution in [3.05, 3.63) is 40.4 Å². The Bertz CT molecular complexity index is 608. The topological polar surface area (TPSA) is 71.1 Å². The summed E-state index contributed by atoms with van der Waals surface area (Å²) in [7, 11) is 0. The summed E-state index contributed by atoms with van der Waals surface area (Å²) >= 11 is 6.10. The van der Waals surface area contributed by atoms with E-state index in [1.165, 1.54) is 6.08 Å². The lowest BCUT2D eigenvalue weighted by molar-refractivity contribution is -0.168. The van der Waals surface area contributed by atoms with E-state index in [0.29, 0.717) is 23.8 Å².